The molecular weight excluding hydrogens is 863 g/mol. The van der Waals surface area contributed by atoms with E-state index in [0.717, 1.165) is 72.3 Å². The van der Waals surface area contributed by atoms with Gasteiger partial charge in [0, 0.05) is 70.9 Å². The molecule has 0 bridgehead atoms. The fourth-order valence-electron chi connectivity index (χ4n) is 12.4. The smallest absolute Gasteiger partial charge is 0.0784 e. The number of para-hydroxylation sites is 9. The Hall–Kier alpha value is -9.58. The molecule has 5 heteroatoms. The fourth-order valence-corrected chi connectivity index (χ4v) is 12.4. The number of hydrogen-bond acceptors (Lipinski definition) is 0. The Morgan fingerprint density at radius 2 is 0.408 bits per heavy atom. The van der Waals surface area contributed by atoms with Crippen LogP contribution in [0.4, 0.5) is 0 Å². The van der Waals surface area contributed by atoms with Gasteiger partial charge < -0.3 is 22.8 Å². The van der Waals surface area contributed by atoms with Crippen LogP contribution in [0.5, 0.6) is 0 Å². The first-order chi connectivity index (χ1) is 35.3. The van der Waals surface area contributed by atoms with Crippen molar-refractivity contribution in [3.05, 3.63) is 249 Å². The third kappa shape index (κ3) is 5.24. The molecule has 11 aromatic carbocycles. The van der Waals surface area contributed by atoms with E-state index in [2.05, 4.69) is 272 Å². The van der Waals surface area contributed by atoms with Crippen LogP contribution in [0.1, 0.15) is 0 Å². The van der Waals surface area contributed by atoms with Gasteiger partial charge in [0.25, 0.3) is 0 Å². The summed E-state index contributed by atoms with van der Waals surface area (Å²) >= 11 is 0. The van der Waals surface area contributed by atoms with Crippen LogP contribution >= 0.6 is 0 Å². The summed E-state index contributed by atoms with van der Waals surface area (Å²) in [6.45, 7) is 0. The van der Waals surface area contributed by atoms with Crippen LogP contribution in [0, 0.1) is 0 Å². The minimum Gasteiger partial charge on any atom is -0.309 e. The summed E-state index contributed by atoms with van der Waals surface area (Å²) in [4.78, 5) is 0. The Kier molecular flexibility index (Phi) is 7.82. The molecule has 0 saturated carbocycles. The van der Waals surface area contributed by atoms with Crippen LogP contribution in [-0.2, 0) is 0 Å². The van der Waals surface area contributed by atoms with Gasteiger partial charge in [-0.25, -0.2) is 0 Å². The third-order valence-corrected chi connectivity index (χ3v) is 15.2. The molecule has 16 rings (SSSR count). The first-order valence-corrected chi connectivity index (χ1v) is 24.4. The molecule has 0 atom stereocenters. The fraction of sp³-hybridized carbons (Fsp3) is 0. The molecule has 0 aliphatic rings. The summed E-state index contributed by atoms with van der Waals surface area (Å²) in [5.41, 5.74) is 17.1. The highest BCUT2D eigenvalue weighted by Gasteiger charge is 2.27. The minimum atomic E-state index is 1.09. The number of fused-ring (bicyclic) bond motifs is 15. The van der Waals surface area contributed by atoms with Crippen LogP contribution in [0.2, 0.25) is 0 Å². The molecule has 71 heavy (non-hydrogen) atoms. The van der Waals surface area contributed by atoms with Crippen molar-refractivity contribution in [1.29, 1.82) is 0 Å². The molecule has 0 aliphatic carbocycles. The van der Waals surface area contributed by atoms with Crippen LogP contribution in [0.25, 0.3) is 137 Å². The van der Waals surface area contributed by atoms with Crippen LogP contribution in [0.3, 0.4) is 0 Å². The molecule has 16 aromatic rings. The highest BCUT2D eigenvalue weighted by Crippen LogP contribution is 2.47. The lowest BCUT2D eigenvalue weighted by atomic mass is 10.1. The summed E-state index contributed by atoms with van der Waals surface area (Å²) in [6.07, 6.45) is 0. The van der Waals surface area contributed by atoms with E-state index in [1.165, 1.54) is 65.2 Å². The van der Waals surface area contributed by atoms with Crippen LogP contribution in [-0.4, -0.2) is 22.8 Å². The lowest BCUT2D eigenvalue weighted by Gasteiger charge is -2.18. The van der Waals surface area contributed by atoms with Gasteiger partial charge in [0.05, 0.1) is 66.5 Å². The predicted molar refractivity (Wildman–Crippen MR) is 298 cm³/mol. The number of nitrogens with zero attached hydrogens (tertiary/aromatic N) is 5. The van der Waals surface area contributed by atoms with Crippen LogP contribution < -0.4 is 0 Å². The normalized spacial score (nSPS) is 12.2. The second kappa shape index (κ2) is 14.5. The first-order valence-electron chi connectivity index (χ1n) is 24.4. The molecule has 5 nitrogen and oxygen atoms in total. The molecule has 0 fully saturated rings. The average Bonchev–Trinajstić information content (AvgIpc) is 4.23. The van der Waals surface area contributed by atoms with Crippen molar-refractivity contribution in [1.82, 2.24) is 22.8 Å². The van der Waals surface area contributed by atoms with E-state index >= 15 is 0 Å². The number of hydrogen-bond donors (Lipinski definition) is 0. The zero-order valence-corrected chi connectivity index (χ0v) is 38.4. The van der Waals surface area contributed by atoms with Crippen molar-refractivity contribution < 1.29 is 0 Å². The second-order valence-electron chi connectivity index (χ2n) is 18.9. The summed E-state index contributed by atoms with van der Waals surface area (Å²) in [5.74, 6) is 0. The Bertz CT molecular complexity index is 4380. The molecule has 5 aromatic heterocycles. The number of benzene rings is 11. The molecule has 0 unspecified atom stereocenters. The van der Waals surface area contributed by atoms with Crippen molar-refractivity contribution in [2.75, 3.05) is 0 Å². The largest absolute Gasteiger partial charge is 0.309 e. The maximum Gasteiger partial charge on any atom is 0.0784 e. The van der Waals surface area contributed by atoms with Gasteiger partial charge in [0.2, 0.25) is 0 Å². The van der Waals surface area contributed by atoms with E-state index in [1.807, 2.05) is 0 Å². The molecule has 0 saturated heterocycles. The van der Waals surface area contributed by atoms with E-state index in [9.17, 15) is 0 Å². The van der Waals surface area contributed by atoms with E-state index in [0.29, 0.717) is 0 Å². The quantitative estimate of drug-likeness (QED) is 0.164. The predicted octanol–water partition coefficient (Wildman–Crippen LogP) is 17.2. The van der Waals surface area contributed by atoms with Crippen molar-refractivity contribution in [3.8, 4) is 28.4 Å². The maximum absolute atomic E-state index is 2.56. The lowest BCUT2D eigenvalue weighted by Crippen LogP contribution is -2.05. The molecule has 0 spiro atoms. The topological polar surface area (TPSA) is 24.6 Å². The first kappa shape index (κ1) is 38.4. The van der Waals surface area contributed by atoms with Gasteiger partial charge in [-0.15, -0.1) is 0 Å². The standard InChI is InChI=1S/C66H41N5/c1-2-20-42(21-3-1)69-65-53(38-43(67-55-30-12-4-22-45(55)46-23-5-13-31-56(46)67)40-63(65)70-59-34-16-8-26-49(59)50-27-9-17-35-60(50)70)54-39-44(68-57-32-14-6-24-47(57)48-25-7-15-33-58(48)68)41-64(66(54)69)71-61-36-18-10-28-51(61)52-29-11-19-37-62(52)71/h1-41H. The molecule has 0 aliphatic heterocycles. The van der Waals surface area contributed by atoms with Gasteiger partial charge in [0.1, 0.15) is 0 Å². The highest BCUT2D eigenvalue weighted by molar-refractivity contribution is 6.20. The van der Waals surface area contributed by atoms with Gasteiger partial charge in [-0.2, -0.15) is 0 Å². The molecule has 330 valence electrons. The van der Waals surface area contributed by atoms with E-state index in [4.69, 9.17) is 0 Å². The second-order valence-corrected chi connectivity index (χ2v) is 18.9. The van der Waals surface area contributed by atoms with Crippen molar-refractivity contribution in [3.63, 3.8) is 0 Å². The van der Waals surface area contributed by atoms with Crippen LogP contribution in [0.15, 0.2) is 249 Å². The zero-order valence-electron chi connectivity index (χ0n) is 38.4. The SMILES string of the molecule is c1ccc(-n2c3c(-n4c5ccccc5c5ccccc54)cc(-n4c5ccccc5c5ccccc54)cc3c3cc(-n4c5ccccc5c5ccccc54)cc(-n4c5ccccc5c5ccccc54)c32)cc1. The molecule has 0 amide bonds. The van der Waals surface area contributed by atoms with Gasteiger partial charge in [-0.1, -0.05) is 164 Å². The van der Waals surface area contributed by atoms with Gasteiger partial charge in [0.15, 0.2) is 0 Å². The zero-order chi connectivity index (χ0) is 46.3. The Morgan fingerprint density at radius 1 is 0.169 bits per heavy atom. The minimum absolute atomic E-state index is 1.09. The third-order valence-electron chi connectivity index (χ3n) is 15.2. The maximum atomic E-state index is 2.56. The Morgan fingerprint density at radius 3 is 0.690 bits per heavy atom. The molecule has 0 N–H and O–H groups in total. The highest BCUT2D eigenvalue weighted by atomic mass is 15.1. The Labute approximate surface area is 407 Å². The summed E-state index contributed by atoms with van der Waals surface area (Å²) in [5, 5.41) is 12.1. The number of rotatable bonds is 5. The molecule has 0 radical (unpaired) electrons. The van der Waals surface area contributed by atoms with Gasteiger partial charge in [-0.05, 0) is 84.9 Å². The van der Waals surface area contributed by atoms with Gasteiger partial charge in [-0.3, -0.25) is 0 Å². The van der Waals surface area contributed by atoms with Crippen molar-refractivity contribution >= 4 is 109 Å². The summed E-state index contributed by atoms with van der Waals surface area (Å²) in [7, 11) is 0. The molecule has 5 heterocycles. The summed E-state index contributed by atoms with van der Waals surface area (Å²) < 4.78 is 12.6. The van der Waals surface area contributed by atoms with Crippen molar-refractivity contribution in [2.24, 2.45) is 0 Å². The monoisotopic (exact) mass is 903 g/mol. The number of aromatic nitrogens is 5. The van der Waals surface area contributed by atoms with Crippen molar-refractivity contribution in [2.45, 2.75) is 0 Å². The lowest BCUT2D eigenvalue weighted by molar-refractivity contribution is 1.09. The van der Waals surface area contributed by atoms with Gasteiger partial charge >= 0.3 is 0 Å². The summed E-state index contributed by atoms with van der Waals surface area (Å²) in [6, 6.07) is 91.9. The molecular formula is C66H41N5. The average molecular weight is 904 g/mol. The Balaban J connectivity index is 1.18. The van der Waals surface area contributed by atoms with E-state index in [1.54, 1.807) is 0 Å². The van der Waals surface area contributed by atoms with E-state index < -0.39 is 0 Å². The van der Waals surface area contributed by atoms with E-state index in [-0.39, 0.29) is 0 Å².